The number of rotatable bonds is 12. The van der Waals surface area contributed by atoms with Gasteiger partial charge in [0.25, 0.3) is 0 Å². The number of aryl methyl sites for hydroxylation is 3. The van der Waals surface area contributed by atoms with Crippen molar-refractivity contribution >= 4 is 128 Å². The molecule has 0 aliphatic carbocycles. The van der Waals surface area contributed by atoms with E-state index < -0.39 is 12.7 Å². The summed E-state index contributed by atoms with van der Waals surface area (Å²) in [6, 6.07) is 9.71. The standard InChI is InChI=1S/C22H25N3O5.C17H23BN2O3.C11H11BrN2O.S2.2H2S/c1-14(26)6-16-9-17-18(11-25(2)20(17)10-23-16)19-7-15(12-28-3)8-21(24-19)22(30-27)4-5-29-13-22;1-11(21)7-12-8-13-14(10-20(6)15(13)9-19-12)18-22-16(2,3)17(4,5)23-18;1-7(15)3-8-4-9-10(12)6-14(2)11(9)5-13-8;1-2;;/h7-11,27H,4-6,12-13H2,1-3H3;8-10H,7H2,1-6H3;4-6H,3H2,1-2H3;;2*1H2/t22-;;;;;/m0...../s1. The summed E-state index contributed by atoms with van der Waals surface area (Å²) in [4.78, 5) is 56.7. The van der Waals surface area contributed by atoms with Gasteiger partial charge in [-0.3, -0.25) is 34.6 Å². The van der Waals surface area contributed by atoms with Crippen LogP contribution >= 0.6 is 42.9 Å². The van der Waals surface area contributed by atoms with Crippen molar-refractivity contribution in [1.82, 2.24) is 33.6 Å². The lowest BCUT2D eigenvalue weighted by Gasteiger charge is -2.32. The van der Waals surface area contributed by atoms with Crippen molar-refractivity contribution in [3.05, 3.63) is 100 Å². The van der Waals surface area contributed by atoms with Crippen molar-refractivity contribution in [1.29, 1.82) is 0 Å². The van der Waals surface area contributed by atoms with Gasteiger partial charge >= 0.3 is 7.12 Å². The highest BCUT2D eigenvalue weighted by molar-refractivity contribution is 9.10. The SMILES string of the molecule is CC(=O)Cc1cc2c(B3OC(C)(C)C(C)(C)O3)cn(C)c2cn1.CC(=O)Cc1cc2c(Br)cn(C)c2cn1.COCc1cc(-c2cn(C)c3cnc(CC(C)=O)cc23)nc([C@]2(OO)CCOC2)c1.S.S.S=S. The van der Waals surface area contributed by atoms with Crippen LogP contribution in [0, 0.1) is 0 Å². The van der Waals surface area contributed by atoms with Crippen molar-refractivity contribution in [2.45, 2.75) is 97.6 Å². The molecule has 22 heteroatoms. The first-order valence-corrected chi connectivity index (χ1v) is 24.7. The van der Waals surface area contributed by atoms with E-state index in [1.165, 1.54) is 0 Å². The number of ether oxygens (including phenoxy) is 2. The Labute approximate surface area is 452 Å². The summed E-state index contributed by atoms with van der Waals surface area (Å²) in [6.07, 6.45) is 12.9. The molecular formula is C50H63BBrN7O9S4. The molecule has 2 aliphatic rings. The maximum absolute atomic E-state index is 11.6. The zero-order valence-electron chi connectivity index (χ0n) is 42.4. The highest BCUT2D eigenvalue weighted by Gasteiger charge is 2.52. The van der Waals surface area contributed by atoms with E-state index in [1.54, 1.807) is 40.3 Å². The molecule has 0 unspecified atom stereocenters. The van der Waals surface area contributed by atoms with Crippen LogP contribution in [0.4, 0.5) is 0 Å². The maximum Gasteiger partial charge on any atom is 0.497 e. The average Bonchev–Trinajstić information content (AvgIpc) is 4.10. The minimum absolute atomic E-state index is 0. The number of pyridine rings is 4. The fourth-order valence-corrected chi connectivity index (χ4v) is 9.06. The number of ketones is 3. The monoisotopic (exact) mass is 1120 g/mol. The first kappa shape index (κ1) is 60.2. The van der Waals surface area contributed by atoms with Crippen LogP contribution in [0.3, 0.4) is 0 Å². The van der Waals surface area contributed by atoms with Crippen molar-refractivity contribution in [3.8, 4) is 11.3 Å². The quantitative estimate of drug-likeness (QED) is 0.0713. The third-order valence-corrected chi connectivity index (χ3v) is 13.3. The summed E-state index contributed by atoms with van der Waals surface area (Å²) in [5.41, 5.74) is 7.69. The summed E-state index contributed by atoms with van der Waals surface area (Å²) < 4.78 is 30.2. The second-order valence-electron chi connectivity index (χ2n) is 18.8. The van der Waals surface area contributed by atoms with E-state index in [0.29, 0.717) is 38.2 Å². The summed E-state index contributed by atoms with van der Waals surface area (Å²) in [5.74, 6) is 0.295. The second-order valence-corrected chi connectivity index (χ2v) is 19.7. The molecule has 16 nitrogen and oxygen atoms in total. The smallest absolute Gasteiger partial charge is 0.399 e. The zero-order chi connectivity index (χ0) is 51.3. The molecule has 9 rings (SSSR count). The minimum Gasteiger partial charge on any atom is -0.399 e. The number of nitrogens with zero attached hydrogens (tertiary/aromatic N) is 7. The van der Waals surface area contributed by atoms with Gasteiger partial charge in [-0.2, -0.15) is 27.0 Å². The van der Waals surface area contributed by atoms with E-state index in [1.807, 2.05) is 118 Å². The molecule has 1 N–H and O–H groups in total. The van der Waals surface area contributed by atoms with Crippen LogP contribution in [-0.4, -0.2) is 94.9 Å². The van der Waals surface area contributed by atoms with Gasteiger partial charge in [0.1, 0.15) is 17.3 Å². The first-order chi connectivity index (χ1) is 33.1. The first-order valence-electron chi connectivity index (χ1n) is 22.5. The highest BCUT2D eigenvalue weighted by atomic mass is 79.9. The van der Waals surface area contributed by atoms with Gasteiger partial charge in [0, 0.05) is 144 Å². The zero-order valence-corrected chi connectivity index (χ0v) is 47.6. The Morgan fingerprint density at radius 2 is 1.21 bits per heavy atom. The lowest BCUT2D eigenvalue weighted by Crippen LogP contribution is -2.41. The minimum atomic E-state index is -0.996. The van der Waals surface area contributed by atoms with Crippen LogP contribution in [0.25, 0.3) is 44.0 Å². The third kappa shape index (κ3) is 13.5. The maximum atomic E-state index is 11.6. The van der Waals surface area contributed by atoms with Gasteiger partial charge < -0.3 is 32.5 Å². The largest absolute Gasteiger partial charge is 0.497 e. The fraction of sp³-hybridized carbons (Fsp3) is 0.420. The summed E-state index contributed by atoms with van der Waals surface area (Å²) >= 11 is 10.8. The van der Waals surface area contributed by atoms with Gasteiger partial charge in [0.05, 0.1) is 77.6 Å². The number of aromatic nitrogens is 7. The number of methoxy groups -OCH3 is 1. The molecule has 7 aromatic rings. The van der Waals surface area contributed by atoms with Crippen molar-refractivity contribution in [2.24, 2.45) is 21.1 Å². The van der Waals surface area contributed by atoms with E-state index in [2.05, 4.69) is 53.3 Å². The number of carbonyl (C=O) groups excluding carboxylic acids is 3. The molecule has 0 spiro atoms. The van der Waals surface area contributed by atoms with Gasteiger partial charge in [0.2, 0.25) is 0 Å². The molecule has 0 radical (unpaired) electrons. The Balaban J connectivity index is 0.000000239. The average molecular weight is 1130 g/mol. The lowest BCUT2D eigenvalue weighted by molar-refractivity contribution is -0.328. The lowest BCUT2D eigenvalue weighted by atomic mass is 9.79. The van der Waals surface area contributed by atoms with E-state index in [0.717, 1.165) is 76.5 Å². The molecule has 0 saturated carbocycles. The van der Waals surface area contributed by atoms with Crippen molar-refractivity contribution < 1.29 is 43.3 Å². The van der Waals surface area contributed by atoms with E-state index >= 15 is 0 Å². The number of carbonyl (C=O) groups is 3. The topological polar surface area (TPSA) is 184 Å². The van der Waals surface area contributed by atoms with Gasteiger partial charge in [-0.15, -0.1) is 0 Å². The highest BCUT2D eigenvalue weighted by Crippen LogP contribution is 2.38. The van der Waals surface area contributed by atoms with Crippen LogP contribution in [-0.2, 0) is 113 Å². The van der Waals surface area contributed by atoms with Crippen molar-refractivity contribution in [3.63, 3.8) is 0 Å². The van der Waals surface area contributed by atoms with Gasteiger partial charge in [-0.05, 0) is 100 Å². The summed E-state index contributed by atoms with van der Waals surface area (Å²) in [6.45, 7) is 14.0. The number of halogens is 1. The molecule has 0 amide bonds. The molecule has 2 aliphatic heterocycles. The molecule has 72 heavy (non-hydrogen) atoms. The van der Waals surface area contributed by atoms with Gasteiger partial charge in [-0.25, -0.2) is 9.87 Å². The molecule has 0 aromatic carbocycles. The van der Waals surface area contributed by atoms with Crippen LogP contribution in [0.1, 0.15) is 83.2 Å². The van der Waals surface area contributed by atoms with Crippen LogP contribution in [0.15, 0.2) is 72.0 Å². The van der Waals surface area contributed by atoms with Crippen molar-refractivity contribution in [2.75, 3.05) is 20.3 Å². The molecule has 2 fully saturated rings. The Morgan fingerprint density at radius 3 is 1.69 bits per heavy atom. The normalized spacial score (nSPS) is 16.4. The van der Waals surface area contributed by atoms with Crippen LogP contribution in [0.2, 0.25) is 0 Å². The van der Waals surface area contributed by atoms with Gasteiger partial charge in [0.15, 0.2) is 5.60 Å². The molecular weight excluding hydrogens is 1060 g/mol. The third-order valence-electron chi connectivity index (χ3n) is 12.7. The van der Waals surface area contributed by atoms with E-state index in [-0.39, 0.29) is 68.6 Å². The van der Waals surface area contributed by atoms with E-state index in [9.17, 15) is 19.6 Å². The molecule has 7 aromatic heterocycles. The second kappa shape index (κ2) is 25.3. The number of fused-ring (bicyclic) bond motifs is 3. The predicted molar refractivity (Wildman–Crippen MR) is 299 cm³/mol. The Kier molecular flexibility index (Phi) is 21.1. The Morgan fingerprint density at radius 1 is 0.736 bits per heavy atom. The van der Waals surface area contributed by atoms with Gasteiger partial charge in [-0.1, -0.05) is 0 Å². The fourth-order valence-electron chi connectivity index (χ4n) is 8.44. The molecule has 2 saturated heterocycles. The number of hydrogen-bond donors (Lipinski definition) is 1. The van der Waals surface area contributed by atoms with Crippen LogP contribution in [0.5, 0.6) is 0 Å². The number of hydrogen-bond acceptors (Lipinski definition) is 15. The Hall–Kier alpha value is -4.33. The molecule has 386 valence electrons. The summed E-state index contributed by atoms with van der Waals surface area (Å²) in [5, 5.41) is 12.7. The molecule has 9 heterocycles. The molecule has 0 bridgehead atoms. The molecule has 1 atom stereocenters. The number of Topliss-reactive ketones (excluding diaryl/α,β-unsaturated/α-hetero) is 3. The summed E-state index contributed by atoms with van der Waals surface area (Å²) in [7, 11) is 7.11. The predicted octanol–water partition coefficient (Wildman–Crippen LogP) is 7.71. The Bertz CT molecular complexity index is 3050. The van der Waals surface area contributed by atoms with E-state index in [4.69, 9.17) is 28.7 Å². The van der Waals surface area contributed by atoms with Crippen LogP contribution < -0.4 is 5.46 Å².